The van der Waals surface area contributed by atoms with Crippen LogP contribution in [0.1, 0.15) is 17.2 Å². The van der Waals surface area contributed by atoms with Crippen molar-refractivity contribution in [2.75, 3.05) is 7.11 Å². The second-order valence-electron chi connectivity index (χ2n) is 4.86. The molecule has 2 aromatic carbocycles. The predicted molar refractivity (Wildman–Crippen MR) is 74.8 cm³/mol. The summed E-state index contributed by atoms with van der Waals surface area (Å²) >= 11 is 0. The minimum absolute atomic E-state index is 0.0481. The molecule has 3 rings (SSSR count). The van der Waals surface area contributed by atoms with Gasteiger partial charge in [0.25, 0.3) is 0 Å². The largest absolute Gasteiger partial charge is 0.508 e. The standard InChI is InChI=1S/C16H14O5/c1-20-14-5-3-10(7-12(14)18)16-13(19)6-9-2-4-11(17)8-15(9)21-16/h2-5,7-8,16-18H,6H2,1H3. The summed E-state index contributed by atoms with van der Waals surface area (Å²) in [5.41, 5.74) is 1.29. The van der Waals surface area contributed by atoms with Gasteiger partial charge < -0.3 is 19.7 Å². The van der Waals surface area contributed by atoms with Crippen molar-refractivity contribution >= 4 is 5.78 Å². The van der Waals surface area contributed by atoms with Crippen LogP contribution in [0.2, 0.25) is 0 Å². The van der Waals surface area contributed by atoms with Crippen LogP contribution in [0.5, 0.6) is 23.0 Å². The van der Waals surface area contributed by atoms with Gasteiger partial charge in [-0.1, -0.05) is 12.1 Å². The van der Waals surface area contributed by atoms with E-state index in [1.807, 2.05) is 0 Å². The van der Waals surface area contributed by atoms with Gasteiger partial charge in [0.1, 0.15) is 11.5 Å². The molecule has 0 aromatic heterocycles. The number of carbonyl (C=O) groups excluding carboxylic acids is 1. The molecule has 1 aliphatic heterocycles. The highest BCUT2D eigenvalue weighted by atomic mass is 16.5. The van der Waals surface area contributed by atoms with Gasteiger partial charge in [-0.3, -0.25) is 4.79 Å². The molecule has 108 valence electrons. The van der Waals surface area contributed by atoms with E-state index in [9.17, 15) is 15.0 Å². The van der Waals surface area contributed by atoms with E-state index < -0.39 is 6.10 Å². The number of phenolic OH excluding ortho intramolecular Hbond substituents is 2. The zero-order valence-corrected chi connectivity index (χ0v) is 11.4. The van der Waals surface area contributed by atoms with Crippen molar-refractivity contribution in [3.05, 3.63) is 47.5 Å². The van der Waals surface area contributed by atoms with E-state index in [1.54, 1.807) is 18.2 Å². The molecule has 0 bridgehead atoms. The molecule has 0 saturated carbocycles. The second kappa shape index (κ2) is 5.01. The predicted octanol–water partition coefficient (Wildman–Crippen LogP) is 2.35. The van der Waals surface area contributed by atoms with Crippen LogP contribution in [0.3, 0.4) is 0 Å². The molecule has 0 fully saturated rings. The van der Waals surface area contributed by atoms with Gasteiger partial charge in [0.2, 0.25) is 0 Å². The molecule has 0 saturated heterocycles. The Hall–Kier alpha value is -2.69. The highest BCUT2D eigenvalue weighted by Gasteiger charge is 2.30. The summed E-state index contributed by atoms with van der Waals surface area (Å²) in [5, 5.41) is 19.3. The lowest BCUT2D eigenvalue weighted by molar-refractivity contribution is -0.126. The molecule has 1 atom stereocenters. The van der Waals surface area contributed by atoms with Gasteiger partial charge in [-0.25, -0.2) is 0 Å². The van der Waals surface area contributed by atoms with E-state index >= 15 is 0 Å². The summed E-state index contributed by atoms with van der Waals surface area (Å²) < 4.78 is 10.7. The number of ether oxygens (including phenoxy) is 2. The Morgan fingerprint density at radius 3 is 2.71 bits per heavy atom. The monoisotopic (exact) mass is 286 g/mol. The lowest BCUT2D eigenvalue weighted by atomic mass is 9.96. The summed E-state index contributed by atoms with van der Waals surface area (Å²) in [4.78, 5) is 12.2. The van der Waals surface area contributed by atoms with Crippen molar-refractivity contribution in [1.82, 2.24) is 0 Å². The fourth-order valence-corrected chi connectivity index (χ4v) is 2.40. The minimum atomic E-state index is -0.795. The van der Waals surface area contributed by atoms with E-state index in [0.717, 1.165) is 5.56 Å². The Kier molecular flexibility index (Phi) is 3.17. The highest BCUT2D eigenvalue weighted by Crippen LogP contribution is 2.37. The number of benzene rings is 2. The molecule has 0 aliphatic carbocycles. The molecule has 2 aromatic rings. The number of Topliss-reactive ketones (excluding diaryl/α,β-unsaturated/α-hetero) is 1. The van der Waals surface area contributed by atoms with Gasteiger partial charge in [-0.15, -0.1) is 0 Å². The fraction of sp³-hybridized carbons (Fsp3) is 0.188. The number of ketones is 1. The van der Waals surface area contributed by atoms with Gasteiger partial charge in [0.15, 0.2) is 23.4 Å². The van der Waals surface area contributed by atoms with Crippen LogP contribution in [0.15, 0.2) is 36.4 Å². The van der Waals surface area contributed by atoms with Gasteiger partial charge >= 0.3 is 0 Å². The summed E-state index contributed by atoms with van der Waals surface area (Å²) in [5.74, 6) is 0.750. The van der Waals surface area contributed by atoms with Crippen LogP contribution >= 0.6 is 0 Å². The van der Waals surface area contributed by atoms with Gasteiger partial charge in [0.05, 0.1) is 7.11 Å². The molecular formula is C16H14O5. The maximum atomic E-state index is 12.2. The first kappa shape index (κ1) is 13.3. The van der Waals surface area contributed by atoms with Crippen molar-refractivity contribution in [3.63, 3.8) is 0 Å². The van der Waals surface area contributed by atoms with Crippen LogP contribution in [-0.2, 0) is 11.2 Å². The molecule has 5 heteroatoms. The van der Waals surface area contributed by atoms with E-state index in [0.29, 0.717) is 17.1 Å². The van der Waals surface area contributed by atoms with Crippen molar-refractivity contribution in [1.29, 1.82) is 0 Å². The van der Waals surface area contributed by atoms with Crippen LogP contribution < -0.4 is 9.47 Å². The first-order valence-corrected chi connectivity index (χ1v) is 6.46. The number of hydrogen-bond donors (Lipinski definition) is 2. The third-order valence-corrected chi connectivity index (χ3v) is 3.46. The van der Waals surface area contributed by atoms with Crippen molar-refractivity contribution < 1.29 is 24.5 Å². The first-order valence-electron chi connectivity index (χ1n) is 6.46. The molecule has 0 spiro atoms. The summed E-state index contributed by atoms with van der Waals surface area (Å²) in [6, 6.07) is 9.39. The number of carbonyl (C=O) groups is 1. The van der Waals surface area contributed by atoms with Crippen molar-refractivity contribution in [2.24, 2.45) is 0 Å². The topological polar surface area (TPSA) is 76.0 Å². The van der Waals surface area contributed by atoms with E-state index in [-0.39, 0.29) is 23.7 Å². The number of aromatic hydroxyl groups is 2. The van der Waals surface area contributed by atoms with E-state index in [4.69, 9.17) is 9.47 Å². The molecular weight excluding hydrogens is 272 g/mol. The van der Waals surface area contributed by atoms with Crippen LogP contribution in [-0.4, -0.2) is 23.1 Å². The summed E-state index contributed by atoms with van der Waals surface area (Å²) in [7, 11) is 1.45. The fourth-order valence-electron chi connectivity index (χ4n) is 2.40. The molecule has 1 heterocycles. The molecule has 0 amide bonds. The van der Waals surface area contributed by atoms with Gasteiger partial charge in [0, 0.05) is 23.6 Å². The third-order valence-electron chi connectivity index (χ3n) is 3.46. The average molecular weight is 286 g/mol. The number of methoxy groups -OCH3 is 1. The lowest BCUT2D eigenvalue weighted by Crippen LogP contribution is -2.25. The second-order valence-corrected chi connectivity index (χ2v) is 4.86. The summed E-state index contributed by atoms with van der Waals surface area (Å²) in [6.07, 6.45) is -0.566. The SMILES string of the molecule is COc1ccc(C2Oc3cc(O)ccc3CC2=O)cc1O. The number of phenols is 2. The molecule has 1 unspecified atom stereocenters. The molecule has 0 radical (unpaired) electrons. The number of rotatable bonds is 2. The number of hydrogen-bond acceptors (Lipinski definition) is 5. The smallest absolute Gasteiger partial charge is 0.182 e. The normalized spacial score (nSPS) is 17.0. The average Bonchev–Trinajstić information content (AvgIpc) is 2.47. The minimum Gasteiger partial charge on any atom is -0.508 e. The molecule has 5 nitrogen and oxygen atoms in total. The Bertz CT molecular complexity index is 708. The molecule has 21 heavy (non-hydrogen) atoms. The van der Waals surface area contributed by atoms with E-state index in [1.165, 1.54) is 25.3 Å². The van der Waals surface area contributed by atoms with Crippen LogP contribution in [0.4, 0.5) is 0 Å². The third kappa shape index (κ3) is 2.38. The molecule has 2 N–H and O–H groups in total. The Morgan fingerprint density at radius 2 is 2.00 bits per heavy atom. The lowest BCUT2D eigenvalue weighted by Gasteiger charge is -2.25. The van der Waals surface area contributed by atoms with Crippen LogP contribution in [0, 0.1) is 0 Å². The summed E-state index contributed by atoms with van der Waals surface area (Å²) in [6.45, 7) is 0. The quantitative estimate of drug-likeness (QED) is 0.886. The Morgan fingerprint density at radius 1 is 1.19 bits per heavy atom. The van der Waals surface area contributed by atoms with E-state index in [2.05, 4.69) is 0 Å². The van der Waals surface area contributed by atoms with Crippen molar-refractivity contribution in [3.8, 4) is 23.0 Å². The zero-order chi connectivity index (χ0) is 15.0. The van der Waals surface area contributed by atoms with Gasteiger partial charge in [-0.2, -0.15) is 0 Å². The number of fused-ring (bicyclic) bond motifs is 1. The van der Waals surface area contributed by atoms with Crippen LogP contribution in [0.25, 0.3) is 0 Å². The first-order chi connectivity index (χ1) is 10.1. The maximum absolute atomic E-state index is 12.2. The Balaban J connectivity index is 1.96. The molecule has 1 aliphatic rings. The van der Waals surface area contributed by atoms with Gasteiger partial charge in [-0.05, 0) is 18.2 Å². The highest BCUT2D eigenvalue weighted by molar-refractivity contribution is 5.89. The Labute approximate surface area is 121 Å². The maximum Gasteiger partial charge on any atom is 0.182 e. The zero-order valence-electron chi connectivity index (χ0n) is 11.4. The van der Waals surface area contributed by atoms with Crippen molar-refractivity contribution in [2.45, 2.75) is 12.5 Å².